The Morgan fingerprint density at radius 2 is 1.65 bits per heavy atom. The van der Waals surface area contributed by atoms with Crippen molar-refractivity contribution in [2.45, 2.75) is 32.6 Å². The Bertz CT molecular complexity index is 597. The Morgan fingerprint density at radius 3 is 2.17 bits per heavy atom. The predicted octanol–water partition coefficient (Wildman–Crippen LogP) is 2.50. The minimum atomic E-state index is -0.900. The molecule has 0 spiro atoms. The van der Waals surface area contributed by atoms with Gasteiger partial charge in [0.2, 0.25) is 11.8 Å². The highest BCUT2D eigenvalue weighted by Gasteiger charge is 2.35. The Balaban J connectivity index is 2.04. The summed E-state index contributed by atoms with van der Waals surface area (Å²) in [5.41, 5.74) is 1.34. The SMILES string of the molecule is CC(=O)N(C)c1ccc(NC(=O)C2CCCC[C@@H]2C(=O)O)cc1. The first-order valence-corrected chi connectivity index (χ1v) is 7.78. The molecular weight excluding hydrogens is 296 g/mol. The van der Waals surface area contributed by atoms with E-state index in [-0.39, 0.29) is 11.8 Å². The van der Waals surface area contributed by atoms with E-state index in [1.165, 1.54) is 11.8 Å². The Labute approximate surface area is 135 Å². The van der Waals surface area contributed by atoms with Gasteiger partial charge in [0.25, 0.3) is 0 Å². The van der Waals surface area contributed by atoms with Crippen LogP contribution in [0.4, 0.5) is 11.4 Å². The second-order valence-electron chi connectivity index (χ2n) is 5.95. The number of carbonyl (C=O) groups is 3. The average Bonchev–Trinajstić information content (AvgIpc) is 2.54. The molecule has 23 heavy (non-hydrogen) atoms. The number of anilines is 2. The molecule has 1 aliphatic carbocycles. The maximum atomic E-state index is 12.4. The van der Waals surface area contributed by atoms with Crippen LogP contribution in [0, 0.1) is 11.8 Å². The van der Waals surface area contributed by atoms with Crippen molar-refractivity contribution in [1.82, 2.24) is 0 Å². The lowest BCUT2D eigenvalue weighted by atomic mass is 9.78. The molecule has 6 heteroatoms. The first-order chi connectivity index (χ1) is 10.9. The molecule has 124 valence electrons. The van der Waals surface area contributed by atoms with Crippen molar-refractivity contribution >= 4 is 29.2 Å². The van der Waals surface area contributed by atoms with E-state index in [1.54, 1.807) is 31.3 Å². The second-order valence-corrected chi connectivity index (χ2v) is 5.95. The number of carbonyl (C=O) groups excluding carboxylic acids is 2. The largest absolute Gasteiger partial charge is 0.481 e. The van der Waals surface area contributed by atoms with Gasteiger partial charge in [-0.25, -0.2) is 0 Å². The zero-order valence-corrected chi connectivity index (χ0v) is 13.4. The zero-order valence-electron chi connectivity index (χ0n) is 13.4. The van der Waals surface area contributed by atoms with Gasteiger partial charge in [0.05, 0.1) is 11.8 Å². The number of hydrogen-bond acceptors (Lipinski definition) is 3. The number of benzene rings is 1. The van der Waals surface area contributed by atoms with Gasteiger partial charge < -0.3 is 15.3 Å². The van der Waals surface area contributed by atoms with E-state index in [0.29, 0.717) is 18.5 Å². The molecule has 1 aromatic carbocycles. The minimum absolute atomic E-state index is 0.0757. The summed E-state index contributed by atoms with van der Waals surface area (Å²) in [6.45, 7) is 1.48. The predicted molar refractivity (Wildman–Crippen MR) is 87.2 cm³/mol. The first kappa shape index (κ1) is 17.0. The third kappa shape index (κ3) is 4.09. The highest BCUT2D eigenvalue weighted by atomic mass is 16.4. The highest BCUT2D eigenvalue weighted by Crippen LogP contribution is 2.31. The molecular formula is C17H22N2O4. The molecule has 6 nitrogen and oxygen atoms in total. The van der Waals surface area contributed by atoms with Gasteiger partial charge in [0, 0.05) is 25.3 Å². The molecule has 1 saturated carbocycles. The fourth-order valence-electron chi connectivity index (χ4n) is 2.93. The zero-order chi connectivity index (χ0) is 17.0. The summed E-state index contributed by atoms with van der Waals surface area (Å²) < 4.78 is 0. The number of aliphatic carboxylic acids is 1. The van der Waals surface area contributed by atoms with Crippen molar-refractivity contribution in [2.75, 3.05) is 17.3 Å². The van der Waals surface area contributed by atoms with Crippen LogP contribution in [0.1, 0.15) is 32.6 Å². The van der Waals surface area contributed by atoms with Crippen LogP contribution in [-0.4, -0.2) is 29.9 Å². The molecule has 1 aromatic rings. The van der Waals surface area contributed by atoms with Gasteiger partial charge in [-0.15, -0.1) is 0 Å². The van der Waals surface area contributed by atoms with E-state index in [1.807, 2.05) is 0 Å². The van der Waals surface area contributed by atoms with Crippen LogP contribution in [0.5, 0.6) is 0 Å². The van der Waals surface area contributed by atoms with Gasteiger partial charge in [-0.1, -0.05) is 12.8 Å². The number of nitrogens with zero attached hydrogens (tertiary/aromatic N) is 1. The smallest absolute Gasteiger partial charge is 0.307 e. The van der Waals surface area contributed by atoms with Crippen molar-refractivity contribution in [3.05, 3.63) is 24.3 Å². The summed E-state index contributed by atoms with van der Waals surface area (Å²) >= 11 is 0. The van der Waals surface area contributed by atoms with Crippen molar-refractivity contribution in [1.29, 1.82) is 0 Å². The quantitative estimate of drug-likeness (QED) is 0.893. The maximum absolute atomic E-state index is 12.4. The van der Waals surface area contributed by atoms with Gasteiger partial charge >= 0.3 is 5.97 Å². The fourth-order valence-corrected chi connectivity index (χ4v) is 2.93. The van der Waals surface area contributed by atoms with Gasteiger partial charge in [-0.3, -0.25) is 14.4 Å². The van der Waals surface area contributed by atoms with Gasteiger partial charge in [0.15, 0.2) is 0 Å². The topological polar surface area (TPSA) is 86.7 Å². The molecule has 0 bridgehead atoms. The van der Waals surface area contributed by atoms with Gasteiger partial charge in [0.1, 0.15) is 0 Å². The van der Waals surface area contributed by atoms with E-state index in [9.17, 15) is 19.5 Å². The fraction of sp³-hybridized carbons (Fsp3) is 0.471. The normalized spacial score (nSPS) is 20.6. The van der Waals surface area contributed by atoms with Crippen LogP contribution >= 0.6 is 0 Å². The Morgan fingerprint density at radius 1 is 1.09 bits per heavy atom. The van der Waals surface area contributed by atoms with E-state index >= 15 is 0 Å². The number of rotatable bonds is 4. The number of hydrogen-bond donors (Lipinski definition) is 2. The molecule has 0 aromatic heterocycles. The highest BCUT2D eigenvalue weighted by molar-refractivity contribution is 5.96. The third-order valence-electron chi connectivity index (χ3n) is 4.41. The molecule has 0 aliphatic heterocycles. The van der Waals surface area contributed by atoms with E-state index in [2.05, 4.69) is 5.32 Å². The average molecular weight is 318 g/mol. The molecule has 1 fully saturated rings. The summed E-state index contributed by atoms with van der Waals surface area (Å²) in [7, 11) is 1.68. The molecule has 0 radical (unpaired) electrons. The monoisotopic (exact) mass is 318 g/mol. The van der Waals surface area contributed by atoms with Gasteiger partial charge in [-0.05, 0) is 37.1 Å². The second kappa shape index (κ2) is 7.26. The summed E-state index contributed by atoms with van der Waals surface area (Å²) in [6, 6.07) is 6.91. The summed E-state index contributed by atoms with van der Waals surface area (Å²) in [4.78, 5) is 36.5. The van der Waals surface area contributed by atoms with Crippen LogP contribution in [0.15, 0.2) is 24.3 Å². The van der Waals surface area contributed by atoms with Crippen LogP contribution < -0.4 is 10.2 Å². The van der Waals surface area contributed by atoms with E-state index in [0.717, 1.165) is 18.5 Å². The number of carboxylic acid groups (broad SMARTS) is 1. The molecule has 0 saturated heterocycles. The number of nitrogens with one attached hydrogen (secondary N) is 1. The Hall–Kier alpha value is -2.37. The van der Waals surface area contributed by atoms with Crippen molar-refractivity contribution in [3.63, 3.8) is 0 Å². The van der Waals surface area contributed by atoms with Crippen LogP contribution in [0.25, 0.3) is 0 Å². The lowest BCUT2D eigenvalue weighted by Crippen LogP contribution is -2.36. The molecule has 0 heterocycles. The summed E-state index contributed by atoms with van der Waals surface area (Å²) in [5.74, 6) is -2.31. The van der Waals surface area contributed by atoms with Crippen LogP contribution in [0.3, 0.4) is 0 Å². The Kier molecular flexibility index (Phi) is 5.36. The van der Waals surface area contributed by atoms with E-state index in [4.69, 9.17) is 0 Å². The third-order valence-corrected chi connectivity index (χ3v) is 4.41. The number of carboxylic acids is 1. The molecule has 2 N–H and O–H groups in total. The van der Waals surface area contributed by atoms with Crippen molar-refractivity contribution < 1.29 is 19.5 Å². The van der Waals surface area contributed by atoms with Crippen LogP contribution in [0.2, 0.25) is 0 Å². The van der Waals surface area contributed by atoms with Crippen molar-refractivity contribution in [2.24, 2.45) is 11.8 Å². The lowest BCUT2D eigenvalue weighted by molar-refractivity contribution is -0.147. The van der Waals surface area contributed by atoms with Gasteiger partial charge in [-0.2, -0.15) is 0 Å². The number of amides is 2. The maximum Gasteiger partial charge on any atom is 0.307 e. The summed E-state index contributed by atoms with van der Waals surface area (Å²) in [6.07, 6.45) is 2.89. The minimum Gasteiger partial charge on any atom is -0.481 e. The first-order valence-electron chi connectivity index (χ1n) is 7.78. The lowest BCUT2D eigenvalue weighted by Gasteiger charge is -2.27. The molecule has 2 atom stereocenters. The molecule has 1 unspecified atom stereocenters. The molecule has 2 amide bonds. The summed E-state index contributed by atoms with van der Waals surface area (Å²) in [5, 5.41) is 12.0. The van der Waals surface area contributed by atoms with Crippen LogP contribution in [-0.2, 0) is 14.4 Å². The standard InChI is InChI=1S/C17H22N2O4/c1-11(20)19(2)13-9-7-12(8-10-13)18-16(21)14-5-3-4-6-15(14)17(22)23/h7-10,14-15H,3-6H2,1-2H3,(H,18,21)(H,22,23)/t14?,15-/m0/s1. The van der Waals surface area contributed by atoms with E-state index < -0.39 is 17.8 Å². The molecule has 2 rings (SSSR count). The molecule has 1 aliphatic rings. The van der Waals surface area contributed by atoms with Crippen molar-refractivity contribution in [3.8, 4) is 0 Å².